The molecule has 1 atom stereocenters. The third-order valence-corrected chi connectivity index (χ3v) is 4.16. The van der Waals surface area contributed by atoms with Crippen molar-refractivity contribution in [1.82, 2.24) is 9.36 Å². The predicted octanol–water partition coefficient (Wildman–Crippen LogP) is 0.460. The molecular weight excluding hydrogens is 274 g/mol. The number of rotatable bonds is 3. The zero-order valence-corrected chi connectivity index (χ0v) is 10.4. The summed E-state index contributed by atoms with van der Waals surface area (Å²) in [6, 6.07) is 0. The van der Waals surface area contributed by atoms with Gasteiger partial charge in [-0.15, -0.1) is 0 Å². The van der Waals surface area contributed by atoms with Crippen molar-refractivity contribution in [2.45, 2.75) is 6.42 Å². The minimum Gasteiger partial charge on any atom is -0.287 e. The van der Waals surface area contributed by atoms with E-state index in [9.17, 15) is 13.2 Å². The van der Waals surface area contributed by atoms with Gasteiger partial charge in [-0.2, -0.15) is 4.37 Å². The fourth-order valence-corrected chi connectivity index (χ4v) is 3.52. The van der Waals surface area contributed by atoms with Gasteiger partial charge >= 0.3 is 0 Å². The Morgan fingerprint density at radius 2 is 2.38 bits per heavy atom. The predicted molar refractivity (Wildman–Crippen MR) is 60.0 cm³/mol. The van der Waals surface area contributed by atoms with Gasteiger partial charge in [0.2, 0.25) is 20.1 Å². The lowest BCUT2D eigenvalue weighted by Crippen LogP contribution is -2.25. The molecule has 1 amide bonds. The Labute approximate surface area is 101 Å². The van der Waals surface area contributed by atoms with Crippen LogP contribution in [-0.2, 0) is 13.8 Å². The lowest BCUT2D eigenvalue weighted by Gasteiger charge is -2.11. The lowest BCUT2D eigenvalue weighted by atomic mass is 10.1. The quantitative estimate of drug-likeness (QED) is 0.752. The Morgan fingerprint density at radius 3 is 2.94 bits per heavy atom. The maximum absolute atomic E-state index is 11.6. The second kappa shape index (κ2) is 4.27. The molecule has 1 aliphatic rings. The van der Waals surface area contributed by atoms with E-state index in [2.05, 4.69) is 9.36 Å². The summed E-state index contributed by atoms with van der Waals surface area (Å²) in [5, 5.41) is 0.500. The molecule has 88 valence electrons. The fraction of sp³-hybridized carbons (Fsp3) is 0.571. The molecule has 0 N–H and O–H groups in total. The van der Waals surface area contributed by atoms with Gasteiger partial charge in [0.1, 0.15) is 6.33 Å². The molecule has 6 nitrogen and oxygen atoms in total. The zero-order valence-electron chi connectivity index (χ0n) is 8.04. The van der Waals surface area contributed by atoms with Gasteiger partial charge in [-0.25, -0.2) is 13.4 Å². The van der Waals surface area contributed by atoms with Gasteiger partial charge in [-0.3, -0.25) is 9.69 Å². The first kappa shape index (κ1) is 11.7. The fourth-order valence-electron chi connectivity index (χ4n) is 1.65. The van der Waals surface area contributed by atoms with Crippen LogP contribution in [0, 0.1) is 5.92 Å². The maximum Gasteiger partial charge on any atom is 0.232 e. The SMILES string of the molecule is O=C1CC(CS(=O)(=O)Cl)CN1c1ncns1. The summed E-state index contributed by atoms with van der Waals surface area (Å²) in [5.41, 5.74) is 0. The Bertz CT molecular complexity index is 487. The highest BCUT2D eigenvalue weighted by atomic mass is 35.7. The Kier molecular flexibility index (Phi) is 3.13. The molecule has 0 spiro atoms. The van der Waals surface area contributed by atoms with Gasteiger partial charge in [-0.1, -0.05) is 0 Å². The minimum absolute atomic E-state index is 0.137. The van der Waals surface area contributed by atoms with Crippen molar-refractivity contribution >= 4 is 42.3 Å². The van der Waals surface area contributed by atoms with Crippen molar-refractivity contribution in [3.8, 4) is 0 Å². The number of anilines is 1. The van der Waals surface area contributed by atoms with Gasteiger partial charge in [0.15, 0.2) is 0 Å². The molecule has 0 aliphatic carbocycles. The van der Waals surface area contributed by atoms with Crippen LogP contribution in [0.15, 0.2) is 6.33 Å². The van der Waals surface area contributed by atoms with E-state index < -0.39 is 9.05 Å². The Hall–Kier alpha value is -0.730. The van der Waals surface area contributed by atoms with Gasteiger partial charge in [-0.05, 0) is 0 Å². The average molecular weight is 282 g/mol. The van der Waals surface area contributed by atoms with Gasteiger partial charge in [0.25, 0.3) is 0 Å². The van der Waals surface area contributed by atoms with E-state index in [1.54, 1.807) is 0 Å². The number of carbonyl (C=O) groups excluding carboxylic acids is 1. The van der Waals surface area contributed by atoms with Crippen LogP contribution >= 0.6 is 22.2 Å². The first-order valence-electron chi connectivity index (χ1n) is 4.45. The molecule has 0 saturated carbocycles. The number of hydrogen-bond donors (Lipinski definition) is 0. The topological polar surface area (TPSA) is 80.2 Å². The van der Waals surface area contributed by atoms with Crippen LogP contribution in [-0.4, -0.2) is 36.0 Å². The van der Waals surface area contributed by atoms with Gasteiger partial charge in [0, 0.05) is 41.1 Å². The highest BCUT2D eigenvalue weighted by Gasteiger charge is 2.34. The number of amides is 1. The van der Waals surface area contributed by atoms with E-state index >= 15 is 0 Å². The molecule has 9 heteroatoms. The summed E-state index contributed by atoms with van der Waals surface area (Å²) in [6.45, 7) is 0.333. The van der Waals surface area contributed by atoms with Crippen LogP contribution in [0.3, 0.4) is 0 Å². The Balaban J connectivity index is 2.08. The molecule has 1 fully saturated rings. The molecule has 2 heterocycles. The third-order valence-electron chi connectivity index (χ3n) is 2.22. The molecule has 1 saturated heterocycles. The maximum atomic E-state index is 11.6. The third kappa shape index (κ3) is 2.69. The van der Waals surface area contributed by atoms with Gasteiger partial charge < -0.3 is 0 Å². The zero-order chi connectivity index (χ0) is 11.8. The largest absolute Gasteiger partial charge is 0.287 e. The van der Waals surface area contributed by atoms with E-state index in [0.717, 1.165) is 11.5 Å². The van der Waals surface area contributed by atoms with Crippen molar-refractivity contribution in [2.24, 2.45) is 5.92 Å². The molecule has 0 radical (unpaired) electrons. The molecule has 1 aliphatic heterocycles. The Morgan fingerprint density at radius 1 is 1.62 bits per heavy atom. The number of aromatic nitrogens is 2. The number of carbonyl (C=O) groups is 1. The van der Waals surface area contributed by atoms with Crippen LogP contribution < -0.4 is 4.90 Å². The number of hydrogen-bond acceptors (Lipinski definition) is 6. The minimum atomic E-state index is -3.56. The number of halogens is 1. The molecular formula is C7H8ClN3O3S2. The molecule has 0 aromatic carbocycles. The average Bonchev–Trinajstić information content (AvgIpc) is 2.71. The van der Waals surface area contributed by atoms with E-state index in [-0.39, 0.29) is 24.0 Å². The molecule has 1 unspecified atom stereocenters. The van der Waals surface area contributed by atoms with Crippen molar-refractivity contribution in [3.63, 3.8) is 0 Å². The number of nitrogens with zero attached hydrogens (tertiary/aromatic N) is 3. The molecule has 2 rings (SSSR count). The normalized spacial score (nSPS) is 21.7. The highest BCUT2D eigenvalue weighted by molar-refractivity contribution is 8.13. The van der Waals surface area contributed by atoms with Crippen LogP contribution in [0.5, 0.6) is 0 Å². The summed E-state index contributed by atoms with van der Waals surface area (Å²) >= 11 is 1.11. The van der Waals surface area contributed by atoms with Crippen molar-refractivity contribution in [3.05, 3.63) is 6.33 Å². The standard InChI is InChI=1S/C7H8ClN3O3S2/c8-16(13,14)3-5-1-6(12)11(2-5)7-9-4-10-15-7/h4-5H,1-3H2. The molecule has 16 heavy (non-hydrogen) atoms. The second-order valence-electron chi connectivity index (χ2n) is 3.50. The van der Waals surface area contributed by atoms with Crippen molar-refractivity contribution in [2.75, 3.05) is 17.2 Å². The lowest BCUT2D eigenvalue weighted by molar-refractivity contribution is -0.117. The second-order valence-corrected chi connectivity index (χ2v) is 7.08. The summed E-state index contributed by atoms with van der Waals surface area (Å²) in [7, 11) is 1.59. The van der Waals surface area contributed by atoms with Crippen molar-refractivity contribution in [1.29, 1.82) is 0 Å². The summed E-state index contributed by atoms with van der Waals surface area (Å²) in [6.07, 6.45) is 1.55. The van der Waals surface area contributed by atoms with Gasteiger partial charge in [0.05, 0.1) is 5.75 Å². The van der Waals surface area contributed by atoms with Crippen LogP contribution in [0.2, 0.25) is 0 Å². The monoisotopic (exact) mass is 281 g/mol. The van der Waals surface area contributed by atoms with Crippen molar-refractivity contribution < 1.29 is 13.2 Å². The molecule has 1 aromatic heterocycles. The summed E-state index contributed by atoms with van der Waals surface area (Å²) in [5.74, 6) is -0.587. The first-order valence-corrected chi connectivity index (χ1v) is 7.70. The summed E-state index contributed by atoms with van der Waals surface area (Å²) in [4.78, 5) is 17.0. The smallest absolute Gasteiger partial charge is 0.232 e. The molecule has 0 bridgehead atoms. The van der Waals surface area contributed by atoms with Crippen LogP contribution in [0.4, 0.5) is 5.13 Å². The van der Waals surface area contributed by atoms with Crippen LogP contribution in [0.25, 0.3) is 0 Å². The molecule has 1 aromatic rings. The first-order chi connectivity index (χ1) is 7.46. The van der Waals surface area contributed by atoms with E-state index in [4.69, 9.17) is 10.7 Å². The highest BCUT2D eigenvalue weighted by Crippen LogP contribution is 2.26. The van der Waals surface area contributed by atoms with Crippen LogP contribution in [0.1, 0.15) is 6.42 Å². The van der Waals surface area contributed by atoms with E-state index in [1.165, 1.54) is 11.2 Å². The van der Waals surface area contributed by atoms with E-state index in [1.807, 2.05) is 0 Å². The summed E-state index contributed by atoms with van der Waals surface area (Å²) < 4.78 is 25.6. The van der Waals surface area contributed by atoms with E-state index in [0.29, 0.717) is 11.7 Å².